The fourth-order valence-electron chi connectivity index (χ4n) is 1.52. The lowest BCUT2D eigenvalue weighted by atomic mass is 10.1. The first kappa shape index (κ1) is 15.4. The fourth-order valence-corrected chi connectivity index (χ4v) is 1.52. The largest absolute Gasteiger partial charge is 0.324 e. The lowest BCUT2D eigenvalue weighted by Gasteiger charge is -2.19. The second kappa shape index (κ2) is 6.89. The summed E-state index contributed by atoms with van der Waals surface area (Å²) in [6, 6.07) is 8.51. The van der Waals surface area contributed by atoms with Gasteiger partial charge in [-0.1, -0.05) is 24.3 Å². The topological polar surface area (TPSA) is 38.0 Å². The van der Waals surface area contributed by atoms with Gasteiger partial charge in [-0.05, 0) is 44.9 Å². The molecule has 0 aliphatic heterocycles. The van der Waals surface area contributed by atoms with Crippen LogP contribution >= 0.6 is 12.4 Å². The summed E-state index contributed by atoms with van der Waals surface area (Å²) in [6.45, 7) is 8.08. The van der Waals surface area contributed by atoms with E-state index in [0.29, 0.717) is 0 Å². The average Bonchev–Trinajstić information content (AvgIpc) is 2.13. The van der Waals surface area contributed by atoms with Crippen molar-refractivity contribution in [1.82, 2.24) is 5.32 Å². The van der Waals surface area contributed by atoms with Gasteiger partial charge in [0.15, 0.2) is 0 Å². The van der Waals surface area contributed by atoms with Gasteiger partial charge in [-0.2, -0.15) is 0 Å². The first-order chi connectivity index (χ1) is 6.99. The van der Waals surface area contributed by atoms with E-state index in [-0.39, 0.29) is 17.9 Å². The molecule has 0 aromatic heterocycles. The van der Waals surface area contributed by atoms with Crippen molar-refractivity contribution in [2.75, 3.05) is 13.1 Å². The van der Waals surface area contributed by atoms with Gasteiger partial charge in [0.1, 0.15) is 0 Å². The number of aryl methyl sites for hydroxylation is 1. The molecule has 0 aliphatic carbocycles. The zero-order valence-electron chi connectivity index (χ0n) is 10.4. The predicted molar refractivity (Wildman–Crippen MR) is 73.3 cm³/mol. The maximum absolute atomic E-state index is 5.88. The Morgan fingerprint density at radius 2 is 1.88 bits per heavy atom. The van der Waals surface area contributed by atoms with Crippen LogP contribution in [0.15, 0.2) is 24.3 Å². The molecule has 3 N–H and O–H groups in total. The van der Waals surface area contributed by atoms with E-state index in [4.69, 9.17) is 5.73 Å². The van der Waals surface area contributed by atoms with E-state index < -0.39 is 0 Å². The molecule has 3 heteroatoms. The number of nitrogens with two attached hydrogens (primary N) is 1. The minimum absolute atomic E-state index is 0. The molecule has 0 heterocycles. The molecule has 0 unspecified atom stereocenters. The van der Waals surface area contributed by atoms with Gasteiger partial charge >= 0.3 is 0 Å². The van der Waals surface area contributed by atoms with Gasteiger partial charge in [-0.25, -0.2) is 0 Å². The summed E-state index contributed by atoms with van der Waals surface area (Å²) in [5, 5.41) is 3.38. The summed E-state index contributed by atoms with van der Waals surface area (Å²) < 4.78 is 0. The number of hydrogen-bond donors (Lipinski definition) is 2. The van der Waals surface area contributed by atoms with Gasteiger partial charge in [0, 0.05) is 12.1 Å². The molecule has 1 rings (SSSR count). The Balaban J connectivity index is 0.00000225. The molecule has 1 aromatic carbocycles. The smallest absolute Gasteiger partial charge is 0.0223 e. The van der Waals surface area contributed by atoms with Crippen LogP contribution in [0.3, 0.4) is 0 Å². The Labute approximate surface area is 105 Å². The van der Waals surface area contributed by atoms with Crippen LogP contribution in [0, 0.1) is 6.92 Å². The lowest BCUT2D eigenvalue weighted by molar-refractivity contribution is 0.469. The minimum atomic E-state index is -0.119. The molecule has 0 saturated carbocycles. The summed E-state index contributed by atoms with van der Waals surface area (Å²) in [7, 11) is 0. The maximum Gasteiger partial charge on any atom is 0.0223 e. The van der Waals surface area contributed by atoms with E-state index in [1.165, 1.54) is 11.1 Å². The number of benzene rings is 1. The predicted octanol–water partition coefficient (Wildman–Crippen LogP) is 2.29. The van der Waals surface area contributed by atoms with Gasteiger partial charge in [-0.15, -0.1) is 12.4 Å². The van der Waals surface area contributed by atoms with Crippen molar-refractivity contribution < 1.29 is 0 Å². The minimum Gasteiger partial charge on any atom is -0.324 e. The van der Waals surface area contributed by atoms with Gasteiger partial charge < -0.3 is 11.1 Å². The van der Waals surface area contributed by atoms with Crippen molar-refractivity contribution in [1.29, 1.82) is 0 Å². The summed E-state index contributed by atoms with van der Waals surface area (Å²) in [5.74, 6) is 0. The van der Waals surface area contributed by atoms with Crippen LogP contribution in [-0.2, 0) is 6.42 Å². The third-order valence-electron chi connectivity index (χ3n) is 2.41. The van der Waals surface area contributed by atoms with E-state index in [9.17, 15) is 0 Å². The molecule has 0 spiro atoms. The first-order valence-electron chi connectivity index (χ1n) is 5.53. The SMILES string of the molecule is Cc1ccccc1CCNCC(C)(C)N.Cl. The maximum atomic E-state index is 5.88. The number of nitrogens with one attached hydrogen (secondary N) is 1. The van der Waals surface area contributed by atoms with E-state index in [0.717, 1.165) is 19.5 Å². The van der Waals surface area contributed by atoms with Crippen molar-refractivity contribution in [2.24, 2.45) is 5.73 Å². The number of rotatable bonds is 5. The average molecular weight is 243 g/mol. The molecule has 0 bridgehead atoms. The highest BCUT2D eigenvalue weighted by Crippen LogP contribution is 2.06. The quantitative estimate of drug-likeness (QED) is 0.778. The highest BCUT2D eigenvalue weighted by atomic mass is 35.5. The van der Waals surface area contributed by atoms with Crippen LogP contribution < -0.4 is 11.1 Å². The molecule has 0 saturated heterocycles. The monoisotopic (exact) mass is 242 g/mol. The van der Waals surface area contributed by atoms with Crippen molar-refractivity contribution in [3.05, 3.63) is 35.4 Å². The summed E-state index contributed by atoms with van der Waals surface area (Å²) in [6.07, 6.45) is 1.07. The normalized spacial score (nSPS) is 11.0. The van der Waals surface area contributed by atoms with E-state index >= 15 is 0 Å². The molecule has 0 fully saturated rings. The van der Waals surface area contributed by atoms with Crippen molar-refractivity contribution in [3.63, 3.8) is 0 Å². The molecule has 1 aromatic rings. The Morgan fingerprint density at radius 3 is 2.44 bits per heavy atom. The zero-order valence-corrected chi connectivity index (χ0v) is 11.2. The molecule has 16 heavy (non-hydrogen) atoms. The third-order valence-corrected chi connectivity index (χ3v) is 2.41. The Kier molecular flexibility index (Phi) is 6.65. The highest BCUT2D eigenvalue weighted by molar-refractivity contribution is 5.85. The standard InChI is InChI=1S/C13H22N2.ClH/c1-11-6-4-5-7-12(11)8-9-15-10-13(2,3)14;/h4-7,15H,8-10,14H2,1-3H3;1H. The van der Waals surface area contributed by atoms with Gasteiger partial charge in [0.25, 0.3) is 0 Å². The van der Waals surface area contributed by atoms with Crippen LogP contribution in [0.5, 0.6) is 0 Å². The van der Waals surface area contributed by atoms with Crippen molar-refractivity contribution in [3.8, 4) is 0 Å². The summed E-state index contributed by atoms with van der Waals surface area (Å²) >= 11 is 0. The second-order valence-corrected chi connectivity index (χ2v) is 4.84. The van der Waals surface area contributed by atoms with E-state index in [2.05, 4.69) is 36.5 Å². The van der Waals surface area contributed by atoms with Crippen LogP contribution in [-0.4, -0.2) is 18.6 Å². The van der Waals surface area contributed by atoms with Crippen LogP contribution in [0.4, 0.5) is 0 Å². The van der Waals surface area contributed by atoms with Crippen LogP contribution in [0.2, 0.25) is 0 Å². The molecule has 0 aliphatic rings. The van der Waals surface area contributed by atoms with Gasteiger partial charge in [-0.3, -0.25) is 0 Å². The number of hydrogen-bond acceptors (Lipinski definition) is 2. The van der Waals surface area contributed by atoms with Crippen molar-refractivity contribution >= 4 is 12.4 Å². The van der Waals surface area contributed by atoms with Crippen LogP contribution in [0.25, 0.3) is 0 Å². The molecular formula is C13H23ClN2. The number of halogens is 1. The Morgan fingerprint density at radius 1 is 1.25 bits per heavy atom. The highest BCUT2D eigenvalue weighted by Gasteiger charge is 2.08. The van der Waals surface area contributed by atoms with E-state index in [1.807, 2.05) is 13.8 Å². The molecular weight excluding hydrogens is 220 g/mol. The molecule has 2 nitrogen and oxygen atoms in total. The molecule has 0 atom stereocenters. The van der Waals surface area contributed by atoms with E-state index in [1.54, 1.807) is 0 Å². The fraction of sp³-hybridized carbons (Fsp3) is 0.538. The molecule has 0 amide bonds. The molecule has 92 valence electrons. The summed E-state index contributed by atoms with van der Waals surface area (Å²) in [4.78, 5) is 0. The van der Waals surface area contributed by atoms with Gasteiger partial charge in [0.2, 0.25) is 0 Å². The zero-order chi connectivity index (χ0) is 11.3. The molecule has 0 radical (unpaired) electrons. The lowest BCUT2D eigenvalue weighted by Crippen LogP contribution is -2.43. The van der Waals surface area contributed by atoms with Gasteiger partial charge in [0.05, 0.1) is 0 Å². The third kappa shape index (κ3) is 6.11. The first-order valence-corrected chi connectivity index (χ1v) is 5.53. The Bertz CT molecular complexity index is 305. The van der Waals surface area contributed by atoms with Crippen LogP contribution in [0.1, 0.15) is 25.0 Å². The Hall–Kier alpha value is -0.570. The van der Waals surface area contributed by atoms with Crippen molar-refractivity contribution in [2.45, 2.75) is 32.7 Å². The second-order valence-electron chi connectivity index (χ2n) is 4.84. The summed E-state index contributed by atoms with van der Waals surface area (Å²) in [5.41, 5.74) is 8.55.